The molecule has 0 saturated carbocycles. The predicted octanol–water partition coefficient (Wildman–Crippen LogP) is 0.722. The van der Waals surface area contributed by atoms with Crippen LogP contribution in [-0.4, -0.2) is 58.9 Å². The molecule has 0 atom stereocenters. The first-order chi connectivity index (χ1) is 11.2. The number of imidazole rings is 1. The van der Waals surface area contributed by atoms with Crippen molar-refractivity contribution in [2.75, 3.05) is 32.8 Å². The molecule has 2 aromatic heterocycles. The molecule has 0 radical (unpaired) electrons. The predicted molar refractivity (Wildman–Crippen MR) is 84.4 cm³/mol. The molecule has 0 bridgehead atoms. The summed E-state index contributed by atoms with van der Waals surface area (Å²) in [5.41, 5.74) is 0.906. The first-order valence-electron chi connectivity index (χ1n) is 7.45. The van der Waals surface area contributed by atoms with Gasteiger partial charge in [-0.05, 0) is 12.1 Å². The summed E-state index contributed by atoms with van der Waals surface area (Å²) in [5, 5.41) is 2.69. The molecule has 1 saturated heterocycles. The summed E-state index contributed by atoms with van der Waals surface area (Å²) in [6.07, 6.45) is 3.31. The molecule has 120 valence electrons. The van der Waals surface area contributed by atoms with Crippen molar-refractivity contribution < 1.29 is 14.3 Å². The molecule has 7 nitrogen and oxygen atoms in total. The van der Waals surface area contributed by atoms with Crippen molar-refractivity contribution in [1.82, 2.24) is 19.6 Å². The number of carbonyl (C=O) groups excluding carboxylic acids is 2. The van der Waals surface area contributed by atoms with Crippen molar-refractivity contribution in [3.8, 4) is 0 Å². The lowest BCUT2D eigenvalue weighted by Crippen LogP contribution is -2.41. The number of pyridine rings is 1. The number of carbonyl (C=O) groups is 2. The Bertz CT molecular complexity index is 747. The molecule has 1 fully saturated rings. The van der Waals surface area contributed by atoms with Gasteiger partial charge in [0.25, 0.3) is 11.8 Å². The third-order valence-corrected chi connectivity index (χ3v) is 3.66. The molecule has 2 amide bonds. The standard InChI is InChI=1S/C16H18N4O3/c1-2-6-17-15(21)14-18-13(12-5-3-4-7-20(12)14)16(22)19-8-10-23-11-9-19/h2-5,7H,1,6,8-11H2,(H,17,21). The minimum atomic E-state index is -0.341. The van der Waals surface area contributed by atoms with E-state index in [0.717, 1.165) is 0 Å². The zero-order chi connectivity index (χ0) is 16.2. The fourth-order valence-corrected chi connectivity index (χ4v) is 2.52. The summed E-state index contributed by atoms with van der Waals surface area (Å²) in [6, 6.07) is 5.39. The number of morpholine rings is 1. The lowest BCUT2D eigenvalue weighted by Gasteiger charge is -2.26. The van der Waals surface area contributed by atoms with Crippen LogP contribution in [0.1, 0.15) is 21.1 Å². The highest BCUT2D eigenvalue weighted by atomic mass is 16.5. The first-order valence-corrected chi connectivity index (χ1v) is 7.45. The molecule has 2 aromatic rings. The van der Waals surface area contributed by atoms with Crippen LogP contribution < -0.4 is 5.32 Å². The molecule has 0 unspecified atom stereocenters. The van der Waals surface area contributed by atoms with Gasteiger partial charge in [0.1, 0.15) is 0 Å². The molecule has 1 N–H and O–H groups in total. The normalized spacial score (nSPS) is 14.7. The van der Waals surface area contributed by atoms with Gasteiger partial charge < -0.3 is 15.0 Å². The van der Waals surface area contributed by atoms with E-state index < -0.39 is 0 Å². The van der Waals surface area contributed by atoms with Gasteiger partial charge in [0.2, 0.25) is 5.82 Å². The van der Waals surface area contributed by atoms with Gasteiger partial charge in [-0.2, -0.15) is 0 Å². The summed E-state index contributed by atoms with van der Waals surface area (Å²) in [5.74, 6) is -0.328. The maximum absolute atomic E-state index is 12.7. The Hall–Kier alpha value is -2.67. The molecular weight excluding hydrogens is 296 g/mol. The van der Waals surface area contributed by atoms with Crippen LogP contribution in [0.3, 0.4) is 0 Å². The molecule has 23 heavy (non-hydrogen) atoms. The average molecular weight is 314 g/mol. The van der Waals surface area contributed by atoms with Crippen molar-refractivity contribution in [2.24, 2.45) is 0 Å². The highest BCUT2D eigenvalue weighted by molar-refractivity contribution is 6.02. The SMILES string of the molecule is C=CCNC(=O)c1nc(C(=O)N2CCOCC2)c2ccccn12. The number of nitrogens with zero attached hydrogens (tertiary/aromatic N) is 3. The van der Waals surface area contributed by atoms with E-state index in [9.17, 15) is 9.59 Å². The molecular formula is C16H18N4O3. The molecule has 1 aliphatic rings. The number of amides is 2. The number of hydrogen-bond donors (Lipinski definition) is 1. The van der Waals surface area contributed by atoms with Crippen molar-refractivity contribution in [3.05, 3.63) is 48.6 Å². The Kier molecular flexibility index (Phi) is 4.38. The summed E-state index contributed by atoms with van der Waals surface area (Å²) in [4.78, 5) is 31.0. The van der Waals surface area contributed by atoms with Crippen molar-refractivity contribution in [1.29, 1.82) is 0 Å². The van der Waals surface area contributed by atoms with E-state index in [1.165, 1.54) is 0 Å². The Morgan fingerprint density at radius 1 is 1.35 bits per heavy atom. The van der Waals surface area contributed by atoms with Crippen molar-refractivity contribution >= 4 is 17.3 Å². The van der Waals surface area contributed by atoms with Gasteiger partial charge in [0.05, 0.1) is 18.7 Å². The second-order valence-electron chi connectivity index (χ2n) is 5.14. The van der Waals surface area contributed by atoms with Gasteiger partial charge in [-0.1, -0.05) is 12.1 Å². The summed E-state index contributed by atoms with van der Waals surface area (Å²) < 4.78 is 6.90. The largest absolute Gasteiger partial charge is 0.378 e. The topological polar surface area (TPSA) is 75.9 Å². The van der Waals surface area contributed by atoms with E-state index in [-0.39, 0.29) is 23.3 Å². The summed E-state index contributed by atoms with van der Waals surface area (Å²) >= 11 is 0. The first kappa shape index (κ1) is 15.2. The molecule has 0 spiro atoms. The number of rotatable bonds is 4. The third kappa shape index (κ3) is 2.95. The Balaban J connectivity index is 1.98. The second-order valence-corrected chi connectivity index (χ2v) is 5.14. The van der Waals surface area contributed by atoms with E-state index >= 15 is 0 Å². The van der Waals surface area contributed by atoms with Crippen LogP contribution in [0.2, 0.25) is 0 Å². The molecule has 0 aliphatic carbocycles. The minimum Gasteiger partial charge on any atom is -0.378 e. The van der Waals surface area contributed by atoms with Crippen molar-refractivity contribution in [2.45, 2.75) is 0 Å². The Labute approximate surface area is 133 Å². The smallest absolute Gasteiger partial charge is 0.287 e. The van der Waals surface area contributed by atoms with Gasteiger partial charge in [-0.15, -0.1) is 6.58 Å². The zero-order valence-corrected chi connectivity index (χ0v) is 12.7. The highest BCUT2D eigenvalue weighted by Crippen LogP contribution is 2.16. The number of aromatic nitrogens is 2. The maximum Gasteiger partial charge on any atom is 0.287 e. The van der Waals surface area contributed by atoms with Crippen molar-refractivity contribution in [3.63, 3.8) is 0 Å². The molecule has 1 aliphatic heterocycles. The van der Waals surface area contributed by atoms with Crippen LogP contribution in [-0.2, 0) is 4.74 Å². The van der Waals surface area contributed by atoms with E-state index in [1.807, 2.05) is 6.07 Å². The van der Waals surface area contributed by atoms with E-state index in [0.29, 0.717) is 38.4 Å². The zero-order valence-electron chi connectivity index (χ0n) is 12.7. The lowest BCUT2D eigenvalue weighted by atomic mass is 10.3. The van der Waals surface area contributed by atoms with E-state index in [1.54, 1.807) is 33.7 Å². The van der Waals surface area contributed by atoms with Crippen LogP contribution in [0.5, 0.6) is 0 Å². The van der Waals surface area contributed by atoms with Crippen LogP contribution in [0.15, 0.2) is 37.1 Å². The van der Waals surface area contributed by atoms with E-state index in [2.05, 4.69) is 16.9 Å². The number of ether oxygens (including phenoxy) is 1. The minimum absolute atomic E-state index is 0.181. The third-order valence-electron chi connectivity index (χ3n) is 3.66. The second kappa shape index (κ2) is 6.62. The van der Waals surface area contributed by atoms with Crippen LogP contribution in [0.4, 0.5) is 0 Å². The fraction of sp³-hybridized carbons (Fsp3) is 0.312. The molecule has 3 rings (SSSR count). The molecule has 3 heterocycles. The van der Waals surface area contributed by atoms with E-state index in [4.69, 9.17) is 4.74 Å². The average Bonchev–Trinajstić information content (AvgIpc) is 2.99. The maximum atomic E-state index is 12.7. The lowest BCUT2D eigenvalue weighted by molar-refractivity contribution is 0.0300. The number of nitrogens with one attached hydrogen (secondary N) is 1. The van der Waals surface area contributed by atoms with Gasteiger partial charge in [0, 0.05) is 25.8 Å². The molecule has 0 aromatic carbocycles. The fourth-order valence-electron chi connectivity index (χ4n) is 2.52. The number of hydrogen-bond acceptors (Lipinski definition) is 4. The van der Waals surface area contributed by atoms with Gasteiger partial charge in [-0.25, -0.2) is 4.98 Å². The Morgan fingerprint density at radius 3 is 2.87 bits per heavy atom. The van der Waals surface area contributed by atoms with Crippen LogP contribution >= 0.6 is 0 Å². The summed E-state index contributed by atoms with van der Waals surface area (Å²) in [6.45, 7) is 6.01. The van der Waals surface area contributed by atoms with Crippen LogP contribution in [0, 0.1) is 0 Å². The quantitative estimate of drug-likeness (QED) is 0.844. The Morgan fingerprint density at radius 2 is 2.13 bits per heavy atom. The van der Waals surface area contributed by atoms with Gasteiger partial charge >= 0.3 is 0 Å². The number of fused-ring (bicyclic) bond motifs is 1. The molecule has 7 heteroatoms. The highest BCUT2D eigenvalue weighted by Gasteiger charge is 2.25. The van der Waals surface area contributed by atoms with Gasteiger partial charge in [-0.3, -0.25) is 14.0 Å². The summed E-state index contributed by atoms with van der Waals surface area (Å²) in [7, 11) is 0. The monoisotopic (exact) mass is 314 g/mol. The van der Waals surface area contributed by atoms with Gasteiger partial charge in [0.15, 0.2) is 5.69 Å². The van der Waals surface area contributed by atoms with Crippen LogP contribution in [0.25, 0.3) is 5.52 Å².